The first-order valence-electron chi connectivity index (χ1n) is 10.9. The summed E-state index contributed by atoms with van der Waals surface area (Å²) < 4.78 is 2.45. The van der Waals surface area contributed by atoms with Crippen LogP contribution in [0.5, 0.6) is 0 Å². The lowest BCUT2D eigenvalue weighted by molar-refractivity contribution is 0.112. The van der Waals surface area contributed by atoms with Crippen LogP contribution in [0.4, 0.5) is 5.00 Å². The summed E-state index contributed by atoms with van der Waals surface area (Å²) >= 11 is 3.53. The summed E-state index contributed by atoms with van der Waals surface area (Å²) in [6, 6.07) is 2.33. The molecule has 0 N–H and O–H groups in total. The second-order valence-corrected chi connectivity index (χ2v) is 9.77. The minimum Gasteiger partial charge on any atom is -0.363 e. The van der Waals surface area contributed by atoms with E-state index in [1.807, 2.05) is 16.7 Å². The molecule has 0 aromatic carbocycles. The Hall–Kier alpha value is -0.870. The van der Waals surface area contributed by atoms with Crippen molar-refractivity contribution in [3.05, 3.63) is 17.0 Å². The first-order valence-corrected chi connectivity index (χ1v) is 12.6. The molecule has 27 heavy (non-hydrogen) atoms. The van der Waals surface area contributed by atoms with Crippen molar-refractivity contribution in [2.75, 3.05) is 18.0 Å². The Morgan fingerprint density at radius 2 is 1.59 bits per heavy atom. The molecule has 2 heterocycles. The molecule has 2 aromatic heterocycles. The van der Waals surface area contributed by atoms with Crippen molar-refractivity contribution in [3.63, 3.8) is 0 Å². The highest BCUT2D eigenvalue weighted by atomic mass is 32.1. The van der Waals surface area contributed by atoms with E-state index < -0.39 is 0 Å². The molecule has 0 radical (unpaired) electrons. The van der Waals surface area contributed by atoms with Crippen molar-refractivity contribution in [2.24, 2.45) is 11.8 Å². The third-order valence-electron chi connectivity index (χ3n) is 5.74. The molecule has 152 valence electrons. The average Bonchev–Trinajstić information content (AvgIpc) is 3.27. The molecule has 0 aliphatic rings. The van der Waals surface area contributed by atoms with Crippen LogP contribution in [0.25, 0.3) is 9.40 Å². The van der Waals surface area contributed by atoms with Crippen molar-refractivity contribution in [1.82, 2.24) is 0 Å². The van der Waals surface area contributed by atoms with Gasteiger partial charge in [-0.15, -0.1) is 22.7 Å². The SMILES string of the molecule is CCCCC(CC)CN(CC(CC)CCCC)c1cc2scc(C=O)c2s1. The quantitative estimate of drug-likeness (QED) is 0.295. The normalized spacial score (nSPS) is 13.8. The molecule has 2 rings (SSSR count). The zero-order valence-electron chi connectivity index (χ0n) is 17.6. The summed E-state index contributed by atoms with van der Waals surface area (Å²) in [5.74, 6) is 1.53. The topological polar surface area (TPSA) is 20.3 Å². The van der Waals surface area contributed by atoms with Crippen LogP contribution in [-0.4, -0.2) is 19.4 Å². The molecule has 0 aliphatic carbocycles. The number of anilines is 1. The van der Waals surface area contributed by atoms with Crippen molar-refractivity contribution in [2.45, 2.75) is 79.1 Å². The van der Waals surface area contributed by atoms with E-state index in [1.54, 1.807) is 11.3 Å². The molecular formula is C23H37NOS2. The highest BCUT2D eigenvalue weighted by Crippen LogP contribution is 2.39. The first kappa shape index (κ1) is 22.4. The van der Waals surface area contributed by atoms with Crippen LogP contribution in [0.3, 0.4) is 0 Å². The van der Waals surface area contributed by atoms with Gasteiger partial charge < -0.3 is 4.90 Å². The van der Waals surface area contributed by atoms with E-state index in [2.05, 4.69) is 38.7 Å². The number of carbonyl (C=O) groups is 1. The monoisotopic (exact) mass is 407 g/mol. The maximum atomic E-state index is 11.3. The molecule has 2 unspecified atom stereocenters. The zero-order chi connectivity index (χ0) is 19.6. The number of fused-ring (bicyclic) bond motifs is 1. The van der Waals surface area contributed by atoms with E-state index in [1.165, 1.54) is 65.8 Å². The number of aldehydes is 1. The van der Waals surface area contributed by atoms with Gasteiger partial charge in [0.1, 0.15) is 0 Å². The maximum absolute atomic E-state index is 11.3. The summed E-state index contributed by atoms with van der Waals surface area (Å²) in [6.45, 7) is 11.6. The van der Waals surface area contributed by atoms with Crippen molar-refractivity contribution in [1.29, 1.82) is 0 Å². The van der Waals surface area contributed by atoms with Gasteiger partial charge in [0, 0.05) is 28.7 Å². The lowest BCUT2D eigenvalue weighted by atomic mass is 9.96. The maximum Gasteiger partial charge on any atom is 0.152 e. The molecule has 2 atom stereocenters. The van der Waals surface area contributed by atoms with E-state index in [0.29, 0.717) is 0 Å². The molecule has 2 aromatic rings. The van der Waals surface area contributed by atoms with E-state index in [-0.39, 0.29) is 0 Å². The molecule has 0 saturated heterocycles. The summed E-state index contributed by atoms with van der Waals surface area (Å²) in [6.07, 6.45) is 11.4. The van der Waals surface area contributed by atoms with Gasteiger partial charge in [0.2, 0.25) is 0 Å². The van der Waals surface area contributed by atoms with E-state index >= 15 is 0 Å². The second-order valence-electron chi connectivity index (χ2n) is 7.82. The lowest BCUT2D eigenvalue weighted by Gasteiger charge is -2.31. The summed E-state index contributed by atoms with van der Waals surface area (Å²) in [5.41, 5.74) is 0.863. The molecule has 0 bridgehead atoms. The minimum atomic E-state index is 0.763. The Bertz CT molecular complexity index is 657. The highest BCUT2D eigenvalue weighted by molar-refractivity contribution is 7.29. The number of unbranched alkanes of at least 4 members (excludes halogenated alkanes) is 2. The van der Waals surface area contributed by atoms with Gasteiger partial charge in [0.05, 0.1) is 9.70 Å². The van der Waals surface area contributed by atoms with Gasteiger partial charge in [-0.1, -0.05) is 66.2 Å². The van der Waals surface area contributed by atoms with Crippen molar-refractivity contribution in [3.8, 4) is 0 Å². The van der Waals surface area contributed by atoms with Gasteiger partial charge >= 0.3 is 0 Å². The van der Waals surface area contributed by atoms with Gasteiger partial charge in [-0.3, -0.25) is 4.79 Å². The average molecular weight is 408 g/mol. The molecule has 0 spiro atoms. The molecule has 4 heteroatoms. The standard InChI is InChI=1S/C23H37NOS2/c1-5-9-11-18(7-3)14-24(15-19(8-4)12-10-6-2)22-13-21-23(27-22)20(16-25)17-26-21/h13,16-19H,5-12,14-15H2,1-4H3. The van der Waals surface area contributed by atoms with Gasteiger partial charge in [0.15, 0.2) is 6.29 Å². The first-order chi connectivity index (χ1) is 13.2. The fourth-order valence-corrected chi connectivity index (χ4v) is 6.08. The predicted octanol–water partition coefficient (Wildman–Crippen LogP) is 8.01. The van der Waals surface area contributed by atoms with Crippen LogP contribution in [-0.2, 0) is 0 Å². The van der Waals surface area contributed by atoms with Gasteiger partial charge in [-0.2, -0.15) is 0 Å². The number of carbonyl (C=O) groups excluding carboxylic acids is 1. The van der Waals surface area contributed by atoms with E-state index in [0.717, 1.165) is 36.8 Å². The second kappa shape index (κ2) is 11.9. The molecule has 2 nitrogen and oxygen atoms in total. The molecular weight excluding hydrogens is 370 g/mol. The Balaban J connectivity index is 2.22. The third-order valence-corrected chi connectivity index (χ3v) is 8.06. The Labute approximate surface area is 174 Å². The van der Waals surface area contributed by atoms with E-state index in [9.17, 15) is 4.79 Å². The molecule has 0 aliphatic heterocycles. The smallest absolute Gasteiger partial charge is 0.152 e. The molecule has 0 saturated carbocycles. The van der Waals surface area contributed by atoms with Crippen LogP contribution in [0.2, 0.25) is 0 Å². The van der Waals surface area contributed by atoms with Crippen molar-refractivity contribution < 1.29 is 4.79 Å². The number of thiophene rings is 2. The predicted molar refractivity (Wildman–Crippen MR) is 124 cm³/mol. The Morgan fingerprint density at radius 1 is 1.00 bits per heavy atom. The minimum absolute atomic E-state index is 0.763. The Morgan fingerprint density at radius 3 is 2.07 bits per heavy atom. The zero-order valence-corrected chi connectivity index (χ0v) is 19.3. The largest absolute Gasteiger partial charge is 0.363 e. The highest BCUT2D eigenvalue weighted by Gasteiger charge is 2.20. The summed E-state index contributed by atoms with van der Waals surface area (Å²) in [4.78, 5) is 14.0. The van der Waals surface area contributed by atoms with Crippen LogP contribution in [0.15, 0.2) is 11.4 Å². The molecule has 0 fully saturated rings. The van der Waals surface area contributed by atoms with Crippen LogP contribution < -0.4 is 4.90 Å². The summed E-state index contributed by atoms with van der Waals surface area (Å²) in [7, 11) is 0. The van der Waals surface area contributed by atoms with Gasteiger partial charge in [-0.05, 0) is 30.7 Å². The van der Waals surface area contributed by atoms with Gasteiger partial charge in [-0.25, -0.2) is 0 Å². The van der Waals surface area contributed by atoms with Gasteiger partial charge in [0.25, 0.3) is 0 Å². The summed E-state index contributed by atoms with van der Waals surface area (Å²) in [5, 5.41) is 3.36. The number of nitrogens with zero attached hydrogens (tertiary/aromatic N) is 1. The number of hydrogen-bond acceptors (Lipinski definition) is 4. The Kier molecular flexibility index (Phi) is 9.84. The van der Waals surface area contributed by atoms with E-state index in [4.69, 9.17) is 0 Å². The number of rotatable bonds is 14. The molecule has 0 amide bonds. The lowest BCUT2D eigenvalue weighted by Crippen LogP contribution is -2.33. The fraction of sp³-hybridized carbons (Fsp3) is 0.696. The van der Waals surface area contributed by atoms with Crippen LogP contribution in [0.1, 0.15) is 89.4 Å². The van der Waals surface area contributed by atoms with Crippen LogP contribution >= 0.6 is 22.7 Å². The van der Waals surface area contributed by atoms with Crippen LogP contribution in [0, 0.1) is 11.8 Å². The fourth-order valence-electron chi connectivity index (χ4n) is 3.78. The number of hydrogen-bond donors (Lipinski definition) is 0. The van der Waals surface area contributed by atoms with Crippen molar-refractivity contribution >= 4 is 43.4 Å². The third kappa shape index (κ3) is 6.32.